The Labute approximate surface area is 104 Å². The maximum absolute atomic E-state index is 11.8. The molecule has 1 heterocycles. The zero-order valence-corrected chi connectivity index (χ0v) is 10.7. The van der Waals surface area contributed by atoms with Crippen LogP contribution in [0.15, 0.2) is 18.2 Å². The minimum atomic E-state index is 0.151. The predicted octanol–water partition coefficient (Wildman–Crippen LogP) is 3.20. The predicted molar refractivity (Wildman–Crippen MR) is 70.3 cm³/mol. The van der Waals surface area contributed by atoms with Crippen LogP contribution in [-0.4, -0.2) is 10.9 Å². The van der Waals surface area contributed by atoms with Gasteiger partial charge in [-0.15, -0.1) is 11.3 Å². The Morgan fingerprint density at radius 2 is 2.29 bits per heavy atom. The summed E-state index contributed by atoms with van der Waals surface area (Å²) in [5, 5.41) is 4.03. The Hall–Kier alpha value is -1.42. The second kappa shape index (κ2) is 3.81. The molecule has 1 fully saturated rings. The fraction of sp³-hybridized carbons (Fsp3) is 0.385. The van der Waals surface area contributed by atoms with Gasteiger partial charge in [0.1, 0.15) is 0 Å². The van der Waals surface area contributed by atoms with Gasteiger partial charge in [-0.25, -0.2) is 4.98 Å². The quantitative estimate of drug-likeness (QED) is 0.884. The van der Waals surface area contributed by atoms with Gasteiger partial charge >= 0.3 is 0 Å². The first-order valence-corrected chi connectivity index (χ1v) is 6.63. The maximum atomic E-state index is 11.8. The summed E-state index contributed by atoms with van der Waals surface area (Å²) in [6.07, 6.45) is 1.02. The summed E-state index contributed by atoms with van der Waals surface area (Å²) < 4.78 is 1.13. The lowest BCUT2D eigenvalue weighted by Crippen LogP contribution is -2.14. The number of hydrogen-bond acceptors (Lipinski definition) is 3. The van der Waals surface area contributed by atoms with Crippen LogP contribution < -0.4 is 5.32 Å². The molecular formula is C13H14N2OS. The number of aryl methyl sites for hydroxylation is 1. The zero-order valence-electron chi connectivity index (χ0n) is 9.86. The molecule has 1 amide bonds. The molecule has 3 rings (SSSR count). The molecule has 0 saturated heterocycles. The normalized spacial score (nSPS) is 22.7. The zero-order chi connectivity index (χ0) is 12.0. The van der Waals surface area contributed by atoms with E-state index in [9.17, 15) is 4.79 Å². The minimum absolute atomic E-state index is 0.151. The molecule has 0 aliphatic heterocycles. The smallest absolute Gasteiger partial charge is 0.227 e. The number of carbonyl (C=O) groups excluding carboxylic acids is 1. The summed E-state index contributed by atoms with van der Waals surface area (Å²) >= 11 is 1.66. The highest BCUT2D eigenvalue weighted by atomic mass is 32.1. The summed E-state index contributed by atoms with van der Waals surface area (Å²) in [7, 11) is 0. The van der Waals surface area contributed by atoms with Crippen LogP contribution in [0.2, 0.25) is 0 Å². The Morgan fingerprint density at radius 3 is 3.00 bits per heavy atom. The summed E-state index contributed by atoms with van der Waals surface area (Å²) in [5.74, 6) is 0.913. The van der Waals surface area contributed by atoms with Crippen LogP contribution in [0.3, 0.4) is 0 Å². The molecule has 2 atom stereocenters. The summed E-state index contributed by atoms with van der Waals surface area (Å²) in [4.78, 5) is 16.2. The average Bonchev–Trinajstić information content (AvgIpc) is 2.87. The fourth-order valence-electron chi connectivity index (χ4n) is 2.04. The molecule has 1 N–H and O–H groups in total. The molecule has 3 nitrogen and oxygen atoms in total. The van der Waals surface area contributed by atoms with Crippen molar-refractivity contribution in [3.63, 3.8) is 0 Å². The van der Waals surface area contributed by atoms with Crippen molar-refractivity contribution in [3.8, 4) is 0 Å². The molecule has 0 radical (unpaired) electrons. The SMILES string of the molecule is Cc1nc2ccc(NC(=O)[C@H]3C[C@H]3C)cc2s1. The first-order valence-electron chi connectivity index (χ1n) is 5.81. The van der Waals surface area contributed by atoms with Crippen LogP contribution in [0.4, 0.5) is 5.69 Å². The molecule has 0 spiro atoms. The van der Waals surface area contributed by atoms with Crippen molar-refractivity contribution in [1.29, 1.82) is 0 Å². The highest BCUT2D eigenvalue weighted by Gasteiger charge is 2.39. The van der Waals surface area contributed by atoms with Crippen LogP contribution in [0, 0.1) is 18.8 Å². The summed E-state index contributed by atoms with van der Waals surface area (Å²) in [6, 6.07) is 5.89. The number of amides is 1. The highest BCUT2D eigenvalue weighted by Crippen LogP contribution is 2.38. The van der Waals surface area contributed by atoms with E-state index in [0.29, 0.717) is 5.92 Å². The van der Waals surface area contributed by atoms with E-state index in [4.69, 9.17) is 0 Å². The standard InChI is InChI=1S/C13H14N2OS/c1-7-5-10(7)13(16)15-9-3-4-11-12(6-9)17-8(2)14-11/h3-4,6-7,10H,5H2,1-2H3,(H,15,16)/t7-,10+/m1/s1. The third kappa shape index (κ3) is 2.05. The van der Waals surface area contributed by atoms with E-state index in [-0.39, 0.29) is 11.8 Å². The first-order chi connectivity index (χ1) is 8.13. The van der Waals surface area contributed by atoms with Crippen LogP contribution in [-0.2, 0) is 4.79 Å². The van der Waals surface area contributed by atoms with Crippen LogP contribution in [0.25, 0.3) is 10.2 Å². The molecule has 17 heavy (non-hydrogen) atoms. The second-order valence-electron chi connectivity index (χ2n) is 4.72. The molecule has 1 saturated carbocycles. The van der Waals surface area contributed by atoms with Crippen molar-refractivity contribution in [2.45, 2.75) is 20.3 Å². The van der Waals surface area contributed by atoms with Crippen LogP contribution in [0.1, 0.15) is 18.4 Å². The van der Waals surface area contributed by atoms with Gasteiger partial charge in [0.2, 0.25) is 5.91 Å². The molecular weight excluding hydrogens is 232 g/mol. The lowest BCUT2D eigenvalue weighted by molar-refractivity contribution is -0.117. The van der Waals surface area contributed by atoms with Crippen molar-refractivity contribution in [3.05, 3.63) is 23.2 Å². The van der Waals surface area contributed by atoms with Gasteiger partial charge in [-0.2, -0.15) is 0 Å². The number of benzene rings is 1. The molecule has 0 bridgehead atoms. The Morgan fingerprint density at radius 1 is 1.53 bits per heavy atom. The van der Waals surface area contributed by atoms with Gasteiger partial charge in [0, 0.05) is 11.6 Å². The Balaban J connectivity index is 1.83. The number of fused-ring (bicyclic) bond motifs is 1. The second-order valence-corrected chi connectivity index (χ2v) is 5.96. The van der Waals surface area contributed by atoms with Gasteiger partial charge in [-0.3, -0.25) is 4.79 Å². The van der Waals surface area contributed by atoms with Crippen LogP contribution >= 0.6 is 11.3 Å². The molecule has 1 aromatic carbocycles. The lowest BCUT2D eigenvalue weighted by Gasteiger charge is -2.03. The van der Waals surface area contributed by atoms with Crippen molar-refractivity contribution in [2.24, 2.45) is 11.8 Å². The third-order valence-electron chi connectivity index (χ3n) is 3.21. The number of carbonyl (C=O) groups is 1. The van der Waals surface area contributed by atoms with E-state index in [2.05, 4.69) is 17.2 Å². The van der Waals surface area contributed by atoms with E-state index in [1.54, 1.807) is 11.3 Å². The minimum Gasteiger partial charge on any atom is -0.326 e. The van der Waals surface area contributed by atoms with E-state index in [0.717, 1.165) is 27.3 Å². The summed E-state index contributed by atoms with van der Waals surface area (Å²) in [5.41, 5.74) is 1.88. The number of hydrogen-bond donors (Lipinski definition) is 1. The molecule has 1 aliphatic carbocycles. The van der Waals surface area contributed by atoms with E-state index < -0.39 is 0 Å². The molecule has 88 valence electrons. The molecule has 2 aromatic rings. The maximum Gasteiger partial charge on any atom is 0.227 e. The van der Waals surface area contributed by atoms with Gasteiger partial charge in [0.25, 0.3) is 0 Å². The van der Waals surface area contributed by atoms with Gasteiger partial charge in [0.15, 0.2) is 0 Å². The first kappa shape index (κ1) is 10.7. The largest absolute Gasteiger partial charge is 0.326 e. The van der Waals surface area contributed by atoms with Crippen LogP contribution in [0.5, 0.6) is 0 Å². The number of nitrogens with zero attached hydrogens (tertiary/aromatic N) is 1. The lowest BCUT2D eigenvalue weighted by atomic mass is 10.2. The molecule has 1 aliphatic rings. The molecule has 4 heteroatoms. The molecule has 1 aromatic heterocycles. The summed E-state index contributed by atoms with van der Waals surface area (Å²) in [6.45, 7) is 4.11. The number of nitrogens with one attached hydrogen (secondary N) is 1. The fourth-order valence-corrected chi connectivity index (χ4v) is 2.91. The van der Waals surface area contributed by atoms with Crippen molar-refractivity contribution >= 4 is 33.1 Å². The monoisotopic (exact) mass is 246 g/mol. The van der Waals surface area contributed by atoms with Gasteiger partial charge < -0.3 is 5.32 Å². The van der Waals surface area contributed by atoms with Crippen molar-refractivity contribution in [2.75, 3.05) is 5.32 Å². The van der Waals surface area contributed by atoms with Crippen molar-refractivity contribution in [1.82, 2.24) is 4.98 Å². The highest BCUT2D eigenvalue weighted by molar-refractivity contribution is 7.18. The van der Waals surface area contributed by atoms with E-state index >= 15 is 0 Å². The average molecular weight is 246 g/mol. The van der Waals surface area contributed by atoms with Crippen molar-refractivity contribution < 1.29 is 4.79 Å². The number of aromatic nitrogens is 1. The van der Waals surface area contributed by atoms with E-state index in [1.807, 2.05) is 25.1 Å². The Bertz CT molecular complexity index is 590. The Kier molecular flexibility index (Phi) is 2.40. The number of rotatable bonds is 2. The van der Waals surface area contributed by atoms with Gasteiger partial charge in [-0.05, 0) is 37.5 Å². The molecule has 0 unspecified atom stereocenters. The van der Waals surface area contributed by atoms with Gasteiger partial charge in [0.05, 0.1) is 15.2 Å². The number of thiazole rings is 1. The third-order valence-corrected chi connectivity index (χ3v) is 4.14. The van der Waals surface area contributed by atoms with E-state index in [1.165, 1.54) is 0 Å². The van der Waals surface area contributed by atoms with Gasteiger partial charge in [-0.1, -0.05) is 6.92 Å². The topological polar surface area (TPSA) is 42.0 Å². The number of anilines is 1.